The average molecular weight is 422 g/mol. The van der Waals surface area contributed by atoms with Crippen LogP contribution in [0.2, 0.25) is 0 Å². The molecule has 2 heterocycles. The third-order valence-corrected chi connectivity index (χ3v) is 5.42. The van der Waals surface area contributed by atoms with Gasteiger partial charge in [-0.2, -0.15) is 0 Å². The summed E-state index contributed by atoms with van der Waals surface area (Å²) < 4.78 is 5.20. The number of nitro groups is 1. The van der Waals surface area contributed by atoms with Gasteiger partial charge in [0.25, 0.3) is 11.6 Å². The van der Waals surface area contributed by atoms with Crippen LogP contribution in [0.4, 0.5) is 11.4 Å². The van der Waals surface area contributed by atoms with Gasteiger partial charge in [-0.25, -0.2) is 0 Å². The van der Waals surface area contributed by atoms with Crippen molar-refractivity contribution in [1.82, 2.24) is 9.88 Å². The van der Waals surface area contributed by atoms with E-state index in [-0.39, 0.29) is 24.6 Å². The van der Waals surface area contributed by atoms with Gasteiger partial charge < -0.3 is 19.5 Å². The molecule has 1 amide bonds. The van der Waals surface area contributed by atoms with Crippen LogP contribution in [0.1, 0.15) is 5.56 Å². The Labute approximate surface area is 178 Å². The number of fused-ring (bicyclic) bond motifs is 1. The molecule has 0 spiro atoms. The molecule has 1 fully saturated rings. The summed E-state index contributed by atoms with van der Waals surface area (Å²) in [6.07, 6.45) is 1.89. The molecule has 1 aliphatic heterocycles. The molecule has 9 nitrogen and oxygen atoms in total. The Bertz CT molecular complexity index is 1100. The molecule has 9 heteroatoms. The van der Waals surface area contributed by atoms with Gasteiger partial charge in [0, 0.05) is 61.1 Å². The molecule has 0 unspecified atom stereocenters. The van der Waals surface area contributed by atoms with Crippen LogP contribution in [0.3, 0.4) is 0 Å². The lowest BCUT2D eigenvalue weighted by molar-refractivity contribution is -0.384. The molecule has 160 valence electrons. The standard InChI is InChI=1S/C22H22N4O5/c27-21(15-31-22(28)13-16-14-23-20-4-2-1-3-19(16)20)25-11-9-24(10-12-25)17-5-7-18(8-6-17)26(29)30/h1-8,14,23H,9-13,15H2. The van der Waals surface area contributed by atoms with E-state index in [2.05, 4.69) is 9.88 Å². The molecule has 2 aromatic carbocycles. The summed E-state index contributed by atoms with van der Waals surface area (Å²) in [6, 6.07) is 14.1. The summed E-state index contributed by atoms with van der Waals surface area (Å²) in [4.78, 5) is 41.8. The molecular weight excluding hydrogens is 400 g/mol. The highest BCUT2D eigenvalue weighted by Gasteiger charge is 2.23. The van der Waals surface area contributed by atoms with Crippen LogP contribution in [-0.2, 0) is 20.7 Å². The number of rotatable bonds is 6. The number of H-pyrrole nitrogens is 1. The number of benzene rings is 2. The van der Waals surface area contributed by atoms with Gasteiger partial charge in [-0.3, -0.25) is 19.7 Å². The number of piperazine rings is 1. The van der Waals surface area contributed by atoms with Gasteiger partial charge in [0.15, 0.2) is 6.61 Å². The minimum Gasteiger partial charge on any atom is -0.455 e. The van der Waals surface area contributed by atoms with Crippen LogP contribution >= 0.6 is 0 Å². The van der Waals surface area contributed by atoms with Crippen LogP contribution in [0.5, 0.6) is 0 Å². The van der Waals surface area contributed by atoms with Crippen molar-refractivity contribution < 1.29 is 19.2 Å². The van der Waals surface area contributed by atoms with Crippen LogP contribution in [0.25, 0.3) is 10.9 Å². The Morgan fingerprint density at radius 1 is 1.03 bits per heavy atom. The zero-order chi connectivity index (χ0) is 21.8. The van der Waals surface area contributed by atoms with Crippen molar-refractivity contribution in [3.63, 3.8) is 0 Å². The first-order valence-corrected chi connectivity index (χ1v) is 9.99. The number of nitrogens with one attached hydrogen (secondary N) is 1. The Balaban J connectivity index is 1.24. The Morgan fingerprint density at radius 2 is 1.74 bits per heavy atom. The summed E-state index contributed by atoms with van der Waals surface area (Å²) in [5.74, 6) is -0.668. The average Bonchev–Trinajstić information content (AvgIpc) is 3.20. The number of aromatic nitrogens is 1. The first kappa shape index (κ1) is 20.4. The number of ether oxygens (including phenoxy) is 1. The van der Waals surface area contributed by atoms with Crippen LogP contribution in [0, 0.1) is 10.1 Å². The normalized spacial score (nSPS) is 13.9. The van der Waals surface area contributed by atoms with E-state index in [4.69, 9.17) is 4.74 Å². The van der Waals surface area contributed by atoms with Crippen molar-refractivity contribution in [2.24, 2.45) is 0 Å². The summed E-state index contributed by atoms with van der Waals surface area (Å²) in [5.41, 5.74) is 2.71. The smallest absolute Gasteiger partial charge is 0.310 e. The highest BCUT2D eigenvalue weighted by Crippen LogP contribution is 2.21. The second-order valence-electron chi connectivity index (χ2n) is 7.34. The predicted octanol–water partition coefficient (Wildman–Crippen LogP) is 2.51. The molecule has 0 aliphatic carbocycles. The van der Waals surface area contributed by atoms with Gasteiger partial charge in [-0.15, -0.1) is 0 Å². The minimum absolute atomic E-state index is 0.0482. The molecule has 1 saturated heterocycles. The lowest BCUT2D eigenvalue weighted by Gasteiger charge is -2.36. The van der Waals surface area contributed by atoms with Gasteiger partial charge in [-0.1, -0.05) is 18.2 Å². The van der Waals surface area contributed by atoms with Gasteiger partial charge in [0.2, 0.25) is 0 Å². The number of esters is 1. The molecule has 1 aromatic heterocycles. The lowest BCUT2D eigenvalue weighted by atomic mass is 10.1. The first-order valence-electron chi connectivity index (χ1n) is 9.99. The highest BCUT2D eigenvalue weighted by molar-refractivity contribution is 5.88. The van der Waals surface area contributed by atoms with Gasteiger partial charge >= 0.3 is 5.97 Å². The van der Waals surface area contributed by atoms with E-state index in [1.54, 1.807) is 23.2 Å². The third kappa shape index (κ3) is 4.66. The van der Waals surface area contributed by atoms with E-state index >= 15 is 0 Å². The zero-order valence-electron chi connectivity index (χ0n) is 16.8. The van der Waals surface area contributed by atoms with Crippen molar-refractivity contribution >= 4 is 34.2 Å². The van der Waals surface area contributed by atoms with Crippen LogP contribution < -0.4 is 4.90 Å². The number of anilines is 1. The fourth-order valence-corrected chi connectivity index (χ4v) is 3.72. The minimum atomic E-state index is -0.442. The van der Waals surface area contributed by atoms with Crippen molar-refractivity contribution in [2.45, 2.75) is 6.42 Å². The van der Waals surface area contributed by atoms with E-state index in [9.17, 15) is 19.7 Å². The number of nitro benzene ring substituents is 1. The number of carbonyl (C=O) groups excluding carboxylic acids is 2. The SMILES string of the molecule is O=C(Cc1c[nH]c2ccccc12)OCC(=O)N1CCN(c2ccc([N+](=O)[O-])cc2)CC1. The van der Waals surface area contributed by atoms with E-state index in [0.29, 0.717) is 26.2 Å². The number of amides is 1. The second-order valence-corrected chi connectivity index (χ2v) is 7.34. The van der Waals surface area contributed by atoms with E-state index < -0.39 is 10.9 Å². The summed E-state index contributed by atoms with van der Waals surface area (Å²) in [5, 5.41) is 11.7. The van der Waals surface area contributed by atoms with Crippen LogP contribution in [-0.4, -0.2) is 59.5 Å². The molecule has 1 aliphatic rings. The Kier molecular flexibility index (Phi) is 5.83. The molecule has 0 radical (unpaired) electrons. The molecule has 1 N–H and O–H groups in total. The van der Waals surface area contributed by atoms with E-state index in [0.717, 1.165) is 22.2 Å². The molecule has 3 aromatic rings. The number of hydrogen-bond acceptors (Lipinski definition) is 6. The second kappa shape index (κ2) is 8.86. The number of aromatic amines is 1. The molecule has 0 atom stereocenters. The maximum absolute atomic E-state index is 12.4. The molecule has 4 rings (SSSR count). The summed E-state index contributed by atoms with van der Waals surface area (Å²) in [7, 11) is 0. The molecule has 0 bridgehead atoms. The molecule has 31 heavy (non-hydrogen) atoms. The number of non-ortho nitro benzene ring substituents is 1. The van der Waals surface area contributed by atoms with Crippen molar-refractivity contribution in [2.75, 3.05) is 37.7 Å². The van der Waals surface area contributed by atoms with Crippen molar-refractivity contribution in [1.29, 1.82) is 0 Å². The molecule has 0 saturated carbocycles. The lowest BCUT2D eigenvalue weighted by Crippen LogP contribution is -2.49. The Hall–Kier alpha value is -3.88. The number of para-hydroxylation sites is 1. The van der Waals surface area contributed by atoms with Crippen molar-refractivity contribution in [3.05, 3.63) is 70.4 Å². The summed E-state index contributed by atoms with van der Waals surface area (Å²) in [6.45, 7) is 1.92. The van der Waals surface area contributed by atoms with Crippen molar-refractivity contribution in [3.8, 4) is 0 Å². The maximum Gasteiger partial charge on any atom is 0.310 e. The summed E-state index contributed by atoms with van der Waals surface area (Å²) >= 11 is 0. The monoisotopic (exact) mass is 422 g/mol. The quantitative estimate of drug-likeness (QED) is 0.371. The van der Waals surface area contributed by atoms with Gasteiger partial charge in [0.1, 0.15) is 0 Å². The maximum atomic E-state index is 12.4. The largest absolute Gasteiger partial charge is 0.455 e. The van der Waals surface area contributed by atoms with Gasteiger partial charge in [0.05, 0.1) is 11.3 Å². The van der Waals surface area contributed by atoms with Gasteiger partial charge in [-0.05, 0) is 23.8 Å². The fourth-order valence-electron chi connectivity index (χ4n) is 3.72. The number of nitrogens with zero attached hydrogens (tertiary/aromatic N) is 3. The third-order valence-electron chi connectivity index (χ3n) is 5.42. The number of carbonyl (C=O) groups is 2. The fraction of sp³-hybridized carbons (Fsp3) is 0.273. The zero-order valence-corrected chi connectivity index (χ0v) is 16.8. The van der Waals surface area contributed by atoms with E-state index in [1.807, 2.05) is 24.3 Å². The van der Waals surface area contributed by atoms with E-state index in [1.165, 1.54) is 12.1 Å². The number of hydrogen-bond donors (Lipinski definition) is 1. The Morgan fingerprint density at radius 3 is 2.45 bits per heavy atom. The highest BCUT2D eigenvalue weighted by atomic mass is 16.6. The van der Waals surface area contributed by atoms with Crippen LogP contribution in [0.15, 0.2) is 54.7 Å². The topological polar surface area (TPSA) is 109 Å². The molecular formula is C22H22N4O5. The predicted molar refractivity (Wildman–Crippen MR) is 115 cm³/mol. The first-order chi connectivity index (χ1) is 15.0.